The molecule has 84 valence electrons. The van der Waals surface area contributed by atoms with Crippen molar-refractivity contribution in [2.75, 3.05) is 11.4 Å². The fourth-order valence-electron chi connectivity index (χ4n) is 1.75. The zero-order chi connectivity index (χ0) is 11.7. The van der Waals surface area contributed by atoms with E-state index in [4.69, 9.17) is 5.11 Å². The number of hydrogen-bond donors (Lipinski definition) is 1. The topological polar surface area (TPSA) is 80.7 Å². The maximum absolute atomic E-state index is 11.5. The molecule has 1 atom stereocenters. The third kappa shape index (κ3) is 1.84. The van der Waals surface area contributed by atoms with Crippen molar-refractivity contribution in [2.24, 2.45) is 5.92 Å². The number of nitrogens with zero attached hydrogens (tertiary/aromatic N) is 1. The van der Waals surface area contributed by atoms with Crippen LogP contribution in [0.2, 0.25) is 0 Å². The van der Waals surface area contributed by atoms with Crippen molar-refractivity contribution in [1.29, 1.82) is 0 Å². The van der Waals surface area contributed by atoms with Crippen molar-refractivity contribution in [3.8, 4) is 5.75 Å². The lowest BCUT2D eigenvalue weighted by Crippen LogP contribution is -2.33. The molecule has 1 amide bonds. The molecule has 1 aromatic rings. The van der Waals surface area contributed by atoms with Gasteiger partial charge in [0, 0.05) is 30.5 Å². The Labute approximate surface area is 91.9 Å². The highest BCUT2D eigenvalue weighted by atomic mass is 16.4. The molecule has 0 unspecified atom stereocenters. The van der Waals surface area contributed by atoms with E-state index in [1.807, 2.05) is 0 Å². The number of anilines is 1. The van der Waals surface area contributed by atoms with Gasteiger partial charge in [0.05, 0.1) is 0 Å². The molecule has 5 heteroatoms. The van der Waals surface area contributed by atoms with Crippen LogP contribution in [0.5, 0.6) is 5.75 Å². The fourth-order valence-corrected chi connectivity index (χ4v) is 1.75. The smallest absolute Gasteiger partial charge is 0.227 e. The Morgan fingerprint density at radius 2 is 2.00 bits per heavy atom. The molecule has 0 spiro atoms. The molecular formula is C11H10NO4-. The molecule has 1 saturated heterocycles. The number of hydrogen-bond acceptors (Lipinski definition) is 4. The summed E-state index contributed by atoms with van der Waals surface area (Å²) in [5, 5.41) is 19.7. The van der Waals surface area contributed by atoms with E-state index in [-0.39, 0.29) is 24.6 Å². The monoisotopic (exact) mass is 220 g/mol. The maximum Gasteiger partial charge on any atom is 0.227 e. The highest BCUT2D eigenvalue weighted by molar-refractivity contribution is 5.98. The molecule has 5 nitrogen and oxygen atoms in total. The lowest BCUT2D eigenvalue weighted by molar-refractivity contribution is -0.310. The predicted molar refractivity (Wildman–Crippen MR) is 53.6 cm³/mol. The molecule has 1 aliphatic heterocycles. The van der Waals surface area contributed by atoms with Crippen LogP contribution >= 0.6 is 0 Å². The number of aliphatic carboxylic acids is 1. The number of carbonyl (C=O) groups is 2. The standard InChI is InChI=1S/C11H11NO4/c13-9-3-1-8(2-4-9)12-6-7(11(15)16)5-10(12)14/h1-4,7,13H,5-6H2,(H,15,16)/p-1/t7-/m1/s1. The zero-order valence-electron chi connectivity index (χ0n) is 8.42. The lowest BCUT2D eigenvalue weighted by atomic mass is 10.1. The van der Waals surface area contributed by atoms with Gasteiger partial charge in [-0.25, -0.2) is 0 Å². The van der Waals surface area contributed by atoms with Crippen LogP contribution in [0.4, 0.5) is 5.69 Å². The Kier molecular flexibility index (Phi) is 2.52. The van der Waals surface area contributed by atoms with E-state index >= 15 is 0 Å². The number of phenolic OH excluding ortho intramolecular Hbond substituents is 1. The number of rotatable bonds is 2. The molecule has 0 bridgehead atoms. The average molecular weight is 220 g/mol. The van der Waals surface area contributed by atoms with Crippen LogP contribution in [0.25, 0.3) is 0 Å². The van der Waals surface area contributed by atoms with Gasteiger partial charge in [-0.15, -0.1) is 0 Å². The van der Waals surface area contributed by atoms with Crippen LogP contribution in [-0.2, 0) is 9.59 Å². The van der Waals surface area contributed by atoms with Gasteiger partial charge < -0.3 is 19.9 Å². The first-order chi connectivity index (χ1) is 7.58. The molecule has 0 radical (unpaired) electrons. The molecule has 16 heavy (non-hydrogen) atoms. The second-order valence-electron chi connectivity index (χ2n) is 3.74. The quantitative estimate of drug-likeness (QED) is 0.728. The molecule has 1 aliphatic rings. The third-order valence-corrected chi connectivity index (χ3v) is 2.62. The SMILES string of the molecule is O=C([O-])[C@@H]1CC(=O)N(c2ccc(O)cc2)C1. The summed E-state index contributed by atoms with van der Waals surface area (Å²) in [5.41, 5.74) is 0.589. The number of carbonyl (C=O) groups excluding carboxylic acids is 2. The first kappa shape index (κ1) is 10.5. The normalized spacial score (nSPS) is 20.1. The molecule has 0 saturated carbocycles. The van der Waals surface area contributed by atoms with Crippen LogP contribution < -0.4 is 10.0 Å². The van der Waals surface area contributed by atoms with Gasteiger partial charge in [0.2, 0.25) is 5.91 Å². The van der Waals surface area contributed by atoms with Crippen LogP contribution in [-0.4, -0.2) is 23.5 Å². The maximum atomic E-state index is 11.5. The van der Waals surface area contributed by atoms with Crippen LogP contribution in [0.15, 0.2) is 24.3 Å². The minimum Gasteiger partial charge on any atom is -0.550 e. The summed E-state index contributed by atoms with van der Waals surface area (Å²) in [5.74, 6) is -2.08. The third-order valence-electron chi connectivity index (χ3n) is 2.62. The molecular weight excluding hydrogens is 210 g/mol. The summed E-state index contributed by atoms with van der Waals surface area (Å²) in [6.07, 6.45) is -0.0246. The summed E-state index contributed by atoms with van der Waals surface area (Å²) in [7, 11) is 0. The van der Waals surface area contributed by atoms with Crippen molar-refractivity contribution < 1.29 is 19.8 Å². The minimum absolute atomic E-state index is 0.0246. The summed E-state index contributed by atoms with van der Waals surface area (Å²) in [6, 6.07) is 6.06. The second-order valence-corrected chi connectivity index (χ2v) is 3.74. The summed E-state index contributed by atoms with van der Waals surface area (Å²) >= 11 is 0. The van der Waals surface area contributed by atoms with Gasteiger partial charge in [0.1, 0.15) is 5.75 Å². The van der Waals surface area contributed by atoms with E-state index in [0.29, 0.717) is 5.69 Å². The van der Waals surface area contributed by atoms with Crippen molar-refractivity contribution in [3.63, 3.8) is 0 Å². The Morgan fingerprint density at radius 3 is 2.50 bits per heavy atom. The first-order valence-electron chi connectivity index (χ1n) is 4.88. The first-order valence-corrected chi connectivity index (χ1v) is 4.88. The highest BCUT2D eigenvalue weighted by Crippen LogP contribution is 2.26. The lowest BCUT2D eigenvalue weighted by Gasteiger charge is -2.17. The van der Waals surface area contributed by atoms with Crippen molar-refractivity contribution in [1.82, 2.24) is 0 Å². The van der Waals surface area contributed by atoms with Gasteiger partial charge in [-0.3, -0.25) is 4.79 Å². The molecule has 1 heterocycles. The van der Waals surface area contributed by atoms with E-state index in [9.17, 15) is 14.7 Å². The van der Waals surface area contributed by atoms with Gasteiger partial charge in [0.25, 0.3) is 0 Å². The Morgan fingerprint density at radius 1 is 1.38 bits per heavy atom. The molecule has 0 aliphatic carbocycles. The zero-order valence-corrected chi connectivity index (χ0v) is 8.42. The summed E-state index contributed by atoms with van der Waals surface area (Å²) < 4.78 is 0. The molecule has 1 fully saturated rings. The van der Waals surface area contributed by atoms with Crippen LogP contribution in [0, 0.1) is 5.92 Å². The summed E-state index contributed by atoms with van der Waals surface area (Å²) in [6.45, 7) is 0.131. The molecule has 1 N–H and O–H groups in total. The number of amides is 1. The number of aromatic hydroxyl groups is 1. The Balaban J connectivity index is 2.20. The van der Waals surface area contributed by atoms with E-state index < -0.39 is 11.9 Å². The van der Waals surface area contributed by atoms with Crippen molar-refractivity contribution in [3.05, 3.63) is 24.3 Å². The molecule has 2 rings (SSSR count). The van der Waals surface area contributed by atoms with Crippen molar-refractivity contribution in [2.45, 2.75) is 6.42 Å². The van der Waals surface area contributed by atoms with E-state index in [2.05, 4.69) is 0 Å². The molecule has 1 aromatic carbocycles. The van der Waals surface area contributed by atoms with E-state index in [1.165, 1.54) is 17.0 Å². The number of carboxylic acid groups (broad SMARTS) is 1. The molecule has 0 aromatic heterocycles. The predicted octanol–water partition coefficient (Wildman–Crippen LogP) is -0.505. The summed E-state index contributed by atoms with van der Waals surface area (Å²) in [4.78, 5) is 23.6. The largest absolute Gasteiger partial charge is 0.550 e. The van der Waals surface area contributed by atoms with Crippen LogP contribution in [0.1, 0.15) is 6.42 Å². The number of phenols is 1. The number of benzene rings is 1. The number of carboxylic acids is 1. The van der Waals surface area contributed by atoms with Crippen molar-refractivity contribution >= 4 is 17.6 Å². The Bertz CT molecular complexity index is 426. The average Bonchev–Trinajstić information content (AvgIpc) is 2.62. The van der Waals surface area contributed by atoms with E-state index in [0.717, 1.165) is 0 Å². The van der Waals surface area contributed by atoms with Gasteiger partial charge in [-0.2, -0.15) is 0 Å². The minimum atomic E-state index is -1.20. The van der Waals surface area contributed by atoms with E-state index in [1.54, 1.807) is 12.1 Å². The van der Waals surface area contributed by atoms with Gasteiger partial charge in [-0.05, 0) is 24.3 Å². The van der Waals surface area contributed by atoms with Gasteiger partial charge in [-0.1, -0.05) is 0 Å². The highest BCUT2D eigenvalue weighted by Gasteiger charge is 2.31. The van der Waals surface area contributed by atoms with Gasteiger partial charge in [0.15, 0.2) is 0 Å². The second kappa shape index (κ2) is 3.84. The fraction of sp³-hybridized carbons (Fsp3) is 0.273. The Hall–Kier alpha value is -2.04. The van der Waals surface area contributed by atoms with Gasteiger partial charge >= 0.3 is 0 Å². The van der Waals surface area contributed by atoms with Crippen LogP contribution in [0.3, 0.4) is 0 Å².